The summed E-state index contributed by atoms with van der Waals surface area (Å²) in [4.78, 5) is 4.25. The molecule has 0 unspecified atom stereocenters. The Morgan fingerprint density at radius 2 is 2.05 bits per heavy atom. The molecule has 1 aromatic heterocycles. The van der Waals surface area contributed by atoms with Crippen LogP contribution in [0.5, 0.6) is 0 Å². The number of nitrogens with zero attached hydrogens (tertiary/aromatic N) is 2. The van der Waals surface area contributed by atoms with Crippen LogP contribution in [0.1, 0.15) is 18.2 Å². The number of benzene rings is 1. The second-order valence-electron chi connectivity index (χ2n) is 4.31. The third kappa shape index (κ3) is 3.15. The molecule has 0 fully saturated rings. The Kier molecular flexibility index (Phi) is 4.08. The summed E-state index contributed by atoms with van der Waals surface area (Å²) in [6, 6.07) is 4.01. The maximum atomic E-state index is 12.8. The van der Waals surface area contributed by atoms with Crippen LogP contribution in [0.4, 0.5) is 24.8 Å². The lowest BCUT2D eigenvalue weighted by Crippen LogP contribution is -2.07. The zero-order chi connectivity index (χ0) is 14.9. The molecule has 7 heteroatoms. The fourth-order valence-corrected chi connectivity index (χ4v) is 2.31. The predicted octanol–water partition coefficient (Wildman–Crippen LogP) is 4.74. The Morgan fingerprint density at radius 1 is 1.35 bits per heavy atom. The normalized spacial score (nSPS) is 11.7. The Balaban J connectivity index is 2.35. The van der Waals surface area contributed by atoms with E-state index < -0.39 is 11.7 Å². The van der Waals surface area contributed by atoms with Gasteiger partial charge in [0.15, 0.2) is 0 Å². The van der Waals surface area contributed by atoms with E-state index in [1.54, 1.807) is 6.07 Å². The number of hydrogen-bond acceptors (Lipinski definition) is 2. The van der Waals surface area contributed by atoms with E-state index in [9.17, 15) is 13.2 Å². The summed E-state index contributed by atoms with van der Waals surface area (Å²) in [6.45, 7) is 4.46. The van der Waals surface area contributed by atoms with Crippen molar-refractivity contribution in [2.75, 3.05) is 5.32 Å². The summed E-state index contributed by atoms with van der Waals surface area (Å²) < 4.78 is 40.4. The van der Waals surface area contributed by atoms with Gasteiger partial charge in [-0.3, -0.25) is 0 Å². The van der Waals surface area contributed by atoms with Crippen LogP contribution in [0, 0.1) is 6.92 Å². The molecule has 20 heavy (non-hydrogen) atoms. The van der Waals surface area contributed by atoms with Gasteiger partial charge in [-0.15, -0.1) is 0 Å². The molecule has 0 aliphatic heterocycles. The first-order valence-corrected chi connectivity index (χ1v) is 6.78. The third-order valence-electron chi connectivity index (χ3n) is 2.77. The standard InChI is InChI=1S/C13H13BrF3N3/c1-3-20-7-8(2)18-12(20)19-9-4-5-11(14)10(6-9)13(15,16)17/h4-7H,3H2,1-2H3,(H,18,19). The number of nitrogens with one attached hydrogen (secondary N) is 1. The fraction of sp³-hybridized carbons (Fsp3) is 0.308. The molecule has 1 heterocycles. The molecule has 0 radical (unpaired) electrons. The van der Waals surface area contributed by atoms with Crippen molar-refractivity contribution in [1.29, 1.82) is 0 Å². The number of hydrogen-bond donors (Lipinski definition) is 1. The zero-order valence-electron chi connectivity index (χ0n) is 10.9. The summed E-state index contributed by atoms with van der Waals surface area (Å²) >= 11 is 2.92. The van der Waals surface area contributed by atoms with Crippen LogP contribution in [0.15, 0.2) is 28.9 Å². The van der Waals surface area contributed by atoms with Crippen molar-refractivity contribution in [2.45, 2.75) is 26.6 Å². The highest BCUT2D eigenvalue weighted by molar-refractivity contribution is 9.10. The zero-order valence-corrected chi connectivity index (χ0v) is 12.5. The van der Waals surface area contributed by atoms with Crippen LogP contribution in [0.3, 0.4) is 0 Å². The van der Waals surface area contributed by atoms with Gasteiger partial charge in [0.25, 0.3) is 0 Å². The summed E-state index contributed by atoms with van der Waals surface area (Å²) in [5.41, 5.74) is 0.442. The molecule has 0 spiro atoms. The molecule has 3 nitrogen and oxygen atoms in total. The highest BCUT2D eigenvalue weighted by Gasteiger charge is 2.33. The molecule has 108 valence electrons. The summed E-state index contributed by atoms with van der Waals surface area (Å²) in [5.74, 6) is 0.528. The SMILES string of the molecule is CCn1cc(C)nc1Nc1ccc(Br)c(C(F)(F)F)c1. The minimum Gasteiger partial charge on any atom is -0.326 e. The number of aryl methyl sites for hydroxylation is 2. The average Bonchev–Trinajstić information content (AvgIpc) is 2.70. The van der Waals surface area contributed by atoms with E-state index in [2.05, 4.69) is 26.2 Å². The Hall–Kier alpha value is -1.50. The van der Waals surface area contributed by atoms with E-state index in [1.807, 2.05) is 24.6 Å². The highest BCUT2D eigenvalue weighted by atomic mass is 79.9. The topological polar surface area (TPSA) is 29.9 Å². The third-order valence-corrected chi connectivity index (χ3v) is 3.46. The van der Waals surface area contributed by atoms with Crippen molar-refractivity contribution in [3.63, 3.8) is 0 Å². The van der Waals surface area contributed by atoms with Crippen LogP contribution < -0.4 is 5.32 Å². The predicted molar refractivity (Wildman–Crippen MR) is 75.1 cm³/mol. The largest absolute Gasteiger partial charge is 0.417 e. The quantitative estimate of drug-likeness (QED) is 0.869. The molecule has 0 amide bonds. The summed E-state index contributed by atoms with van der Waals surface area (Å²) in [5, 5.41) is 2.92. The van der Waals surface area contributed by atoms with Crippen molar-refractivity contribution < 1.29 is 13.2 Å². The number of aromatic nitrogens is 2. The maximum Gasteiger partial charge on any atom is 0.417 e. The van der Waals surface area contributed by atoms with Crippen LogP contribution in [0.25, 0.3) is 0 Å². The minimum atomic E-state index is -4.40. The summed E-state index contributed by atoms with van der Waals surface area (Å²) in [6.07, 6.45) is -2.56. The van der Waals surface area contributed by atoms with E-state index in [0.717, 1.165) is 11.8 Å². The molecule has 0 aliphatic carbocycles. The number of rotatable bonds is 3. The van der Waals surface area contributed by atoms with Gasteiger partial charge in [0.2, 0.25) is 5.95 Å². The molecule has 0 saturated heterocycles. The Bertz CT molecular complexity index is 620. The second-order valence-corrected chi connectivity index (χ2v) is 5.16. The van der Waals surface area contributed by atoms with Gasteiger partial charge < -0.3 is 9.88 Å². The molecule has 0 saturated carbocycles. The molecule has 0 bridgehead atoms. The van der Waals surface area contributed by atoms with Gasteiger partial charge in [-0.05, 0) is 32.0 Å². The number of imidazole rings is 1. The van der Waals surface area contributed by atoms with Crippen molar-refractivity contribution in [1.82, 2.24) is 9.55 Å². The van der Waals surface area contributed by atoms with Gasteiger partial charge in [0, 0.05) is 22.9 Å². The van der Waals surface area contributed by atoms with Crippen LogP contribution in [0.2, 0.25) is 0 Å². The van der Waals surface area contributed by atoms with Gasteiger partial charge in [-0.25, -0.2) is 4.98 Å². The van der Waals surface area contributed by atoms with Crippen LogP contribution in [-0.4, -0.2) is 9.55 Å². The smallest absolute Gasteiger partial charge is 0.326 e. The van der Waals surface area contributed by atoms with Gasteiger partial charge in [0.05, 0.1) is 11.3 Å². The lowest BCUT2D eigenvalue weighted by molar-refractivity contribution is -0.138. The first-order valence-electron chi connectivity index (χ1n) is 5.98. The average molecular weight is 348 g/mol. The van der Waals surface area contributed by atoms with E-state index in [-0.39, 0.29) is 4.47 Å². The van der Waals surface area contributed by atoms with Gasteiger partial charge in [-0.1, -0.05) is 15.9 Å². The molecule has 0 atom stereocenters. The van der Waals surface area contributed by atoms with Gasteiger partial charge in [-0.2, -0.15) is 13.2 Å². The molecule has 1 aromatic carbocycles. The Morgan fingerprint density at radius 3 is 2.65 bits per heavy atom. The van der Waals surface area contributed by atoms with Crippen molar-refractivity contribution >= 4 is 27.6 Å². The lowest BCUT2D eigenvalue weighted by atomic mass is 10.2. The van der Waals surface area contributed by atoms with E-state index >= 15 is 0 Å². The van der Waals surface area contributed by atoms with Crippen LogP contribution >= 0.6 is 15.9 Å². The first kappa shape index (κ1) is 14.9. The number of halogens is 4. The first-order chi connectivity index (χ1) is 9.31. The molecule has 0 aliphatic rings. The second kappa shape index (κ2) is 5.47. The van der Waals surface area contributed by atoms with Gasteiger partial charge >= 0.3 is 6.18 Å². The number of alkyl halides is 3. The van der Waals surface area contributed by atoms with E-state index in [4.69, 9.17) is 0 Å². The Labute approximate surface area is 123 Å². The molecule has 1 N–H and O–H groups in total. The van der Waals surface area contributed by atoms with E-state index in [1.165, 1.54) is 6.07 Å². The fourth-order valence-electron chi connectivity index (χ4n) is 1.84. The monoisotopic (exact) mass is 347 g/mol. The maximum absolute atomic E-state index is 12.8. The molecule has 2 aromatic rings. The lowest BCUT2D eigenvalue weighted by Gasteiger charge is -2.12. The molecule has 2 rings (SSSR count). The molecular formula is C13H13BrF3N3. The van der Waals surface area contributed by atoms with Crippen LogP contribution in [-0.2, 0) is 12.7 Å². The van der Waals surface area contributed by atoms with E-state index in [0.29, 0.717) is 18.2 Å². The van der Waals surface area contributed by atoms with Gasteiger partial charge in [0.1, 0.15) is 0 Å². The highest BCUT2D eigenvalue weighted by Crippen LogP contribution is 2.36. The minimum absolute atomic E-state index is 0.0190. The van der Waals surface area contributed by atoms with Crippen molar-refractivity contribution in [3.05, 3.63) is 40.1 Å². The van der Waals surface area contributed by atoms with Crippen molar-refractivity contribution in [3.8, 4) is 0 Å². The van der Waals surface area contributed by atoms with Crippen molar-refractivity contribution in [2.24, 2.45) is 0 Å². The summed E-state index contributed by atoms with van der Waals surface area (Å²) in [7, 11) is 0. The molecular weight excluding hydrogens is 335 g/mol. The number of anilines is 2.